The Kier molecular flexibility index (Phi) is 10.2. The molecule has 0 spiro atoms. The molecule has 0 atom stereocenters. The molecule has 4 heteroatoms. The summed E-state index contributed by atoms with van der Waals surface area (Å²) in [5.41, 5.74) is 0. The smallest absolute Gasteiger partial charge is 0.169 e. The summed E-state index contributed by atoms with van der Waals surface area (Å²) in [5.74, 6) is 3.19. The molecule has 0 aliphatic heterocycles. The monoisotopic (exact) mass is 392 g/mol. The van der Waals surface area contributed by atoms with Crippen LogP contribution in [0.1, 0.15) is 58.3 Å². The Labute approximate surface area is 169 Å². The van der Waals surface area contributed by atoms with Gasteiger partial charge in [0.15, 0.2) is 11.5 Å². The molecule has 0 unspecified atom stereocenters. The Hall–Kier alpha value is -1.61. The van der Waals surface area contributed by atoms with Gasteiger partial charge in [-0.15, -0.1) is 11.6 Å². The zero-order valence-electron chi connectivity index (χ0n) is 16.8. The van der Waals surface area contributed by atoms with Crippen molar-refractivity contribution in [3.8, 4) is 17.2 Å². The maximum Gasteiger partial charge on any atom is 0.169 e. The van der Waals surface area contributed by atoms with Gasteiger partial charge in [-0.3, -0.25) is 0 Å². The standard InChI is InChI=1S/C23H33ClO3/c1-3-4-16-27-23-20-14-10-9-13-19(20)21(18-22(23)25-2)26-17-12-8-6-5-7-11-15-24/h9-10,13-14,18H,3-8,11-12,15-17H2,1-2H3. The number of hydrogen-bond acceptors (Lipinski definition) is 3. The van der Waals surface area contributed by atoms with Gasteiger partial charge in [-0.25, -0.2) is 0 Å². The minimum absolute atomic E-state index is 0.695. The first kappa shape index (κ1) is 21.7. The fraction of sp³-hybridized carbons (Fsp3) is 0.565. The first-order chi connectivity index (χ1) is 13.3. The molecule has 27 heavy (non-hydrogen) atoms. The minimum Gasteiger partial charge on any atom is -0.493 e. The van der Waals surface area contributed by atoms with E-state index in [1.54, 1.807) is 7.11 Å². The molecule has 0 saturated carbocycles. The molecule has 0 heterocycles. The Balaban J connectivity index is 2.01. The van der Waals surface area contributed by atoms with Crippen molar-refractivity contribution in [3.63, 3.8) is 0 Å². The Bertz CT molecular complexity index is 672. The molecular formula is C23H33ClO3. The van der Waals surface area contributed by atoms with Crippen molar-refractivity contribution in [2.24, 2.45) is 0 Å². The third-order valence-electron chi connectivity index (χ3n) is 4.67. The van der Waals surface area contributed by atoms with Crippen LogP contribution in [-0.2, 0) is 0 Å². The Morgan fingerprint density at radius 3 is 2.15 bits per heavy atom. The summed E-state index contributed by atoms with van der Waals surface area (Å²) in [6, 6.07) is 10.2. The summed E-state index contributed by atoms with van der Waals surface area (Å²) >= 11 is 5.71. The summed E-state index contributed by atoms with van der Waals surface area (Å²) in [6.07, 6.45) is 9.24. The predicted octanol–water partition coefficient (Wildman–Crippen LogP) is 6.99. The molecule has 0 fully saturated rings. The van der Waals surface area contributed by atoms with Crippen LogP contribution in [0.3, 0.4) is 0 Å². The quantitative estimate of drug-likeness (QED) is 0.256. The lowest BCUT2D eigenvalue weighted by atomic mass is 10.1. The molecule has 3 nitrogen and oxygen atoms in total. The van der Waals surface area contributed by atoms with Gasteiger partial charge in [0.25, 0.3) is 0 Å². The maximum atomic E-state index is 6.11. The first-order valence-electron chi connectivity index (χ1n) is 10.2. The molecule has 0 N–H and O–H groups in total. The van der Waals surface area contributed by atoms with Crippen molar-refractivity contribution in [2.75, 3.05) is 26.2 Å². The highest BCUT2D eigenvalue weighted by molar-refractivity contribution is 6.17. The van der Waals surface area contributed by atoms with Crippen LogP contribution < -0.4 is 14.2 Å². The van der Waals surface area contributed by atoms with Crippen molar-refractivity contribution >= 4 is 22.4 Å². The number of fused-ring (bicyclic) bond motifs is 1. The molecule has 0 aliphatic rings. The van der Waals surface area contributed by atoms with Gasteiger partial charge in [0.05, 0.1) is 20.3 Å². The van der Waals surface area contributed by atoms with E-state index in [9.17, 15) is 0 Å². The van der Waals surface area contributed by atoms with Crippen molar-refractivity contribution in [1.29, 1.82) is 0 Å². The van der Waals surface area contributed by atoms with Gasteiger partial charge >= 0.3 is 0 Å². The van der Waals surface area contributed by atoms with Gasteiger partial charge in [0.1, 0.15) is 5.75 Å². The number of halogens is 1. The number of unbranched alkanes of at least 4 members (excludes halogenated alkanes) is 6. The Morgan fingerprint density at radius 2 is 1.44 bits per heavy atom. The molecule has 0 radical (unpaired) electrons. The molecule has 2 aromatic carbocycles. The topological polar surface area (TPSA) is 27.7 Å². The second-order valence-corrected chi connectivity index (χ2v) is 7.19. The fourth-order valence-corrected chi connectivity index (χ4v) is 3.30. The largest absolute Gasteiger partial charge is 0.493 e. The highest BCUT2D eigenvalue weighted by atomic mass is 35.5. The first-order valence-corrected chi connectivity index (χ1v) is 10.8. The van der Waals surface area contributed by atoms with E-state index in [1.807, 2.05) is 18.2 Å². The summed E-state index contributed by atoms with van der Waals surface area (Å²) in [7, 11) is 1.68. The van der Waals surface area contributed by atoms with Gasteiger partial charge in [0.2, 0.25) is 0 Å². The van der Waals surface area contributed by atoms with E-state index < -0.39 is 0 Å². The van der Waals surface area contributed by atoms with Crippen molar-refractivity contribution in [3.05, 3.63) is 30.3 Å². The molecule has 0 saturated heterocycles. The van der Waals surface area contributed by atoms with Gasteiger partial charge < -0.3 is 14.2 Å². The SMILES string of the molecule is CCCCOc1c(OC)cc(OCCCCCCCCCl)c2ccccc12. The van der Waals surface area contributed by atoms with Crippen LogP contribution in [0.25, 0.3) is 10.8 Å². The fourth-order valence-electron chi connectivity index (χ4n) is 3.12. The Morgan fingerprint density at radius 1 is 0.778 bits per heavy atom. The van der Waals surface area contributed by atoms with Crippen LogP contribution in [0, 0.1) is 0 Å². The van der Waals surface area contributed by atoms with Crippen LogP contribution in [0.5, 0.6) is 17.2 Å². The van der Waals surface area contributed by atoms with E-state index in [0.29, 0.717) is 6.61 Å². The van der Waals surface area contributed by atoms with Crippen molar-refractivity contribution in [2.45, 2.75) is 58.3 Å². The second kappa shape index (κ2) is 12.7. The molecule has 0 aromatic heterocycles. The minimum atomic E-state index is 0.695. The third kappa shape index (κ3) is 6.80. The van der Waals surface area contributed by atoms with Crippen LogP contribution in [0.4, 0.5) is 0 Å². The molecule has 150 valence electrons. The van der Waals surface area contributed by atoms with E-state index in [1.165, 1.54) is 25.7 Å². The molecule has 0 amide bonds. The average Bonchev–Trinajstić information content (AvgIpc) is 2.70. The summed E-state index contributed by atoms with van der Waals surface area (Å²) in [6.45, 7) is 3.58. The molecule has 2 rings (SSSR count). The number of rotatable bonds is 14. The summed E-state index contributed by atoms with van der Waals surface area (Å²) in [4.78, 5) is 0. The van der Waals surface area contributed by atoms with Crippen molar-refractivity contribution < 1.29 is 14.2 Å². The number of alkyl halides is 1. The number of ether oxygens (including phenoxy) is 3. The lowest BCUT2D eigenvalue weighted by Gasteiger charge is -2.17. The zero-order chi connectivity index (χ0) is 19.3. The van der Waals surface area contributed by atoms with E-state index in [-0.39, 0.29) is 0 Å². The third-order valence-corrected chi connectivity index (χ3v) is 4.94. The molecule has 0 aliphatic carbocycles. The van der Waals surface area contributed by atoms with Gasteiger partial charge in [-0.1, -0.05) is 63.3 Å². The number of methoxy groups -OCH3 is 1. The maximum absolute atomic E-state index is 6.11. The normalized spacial score (nSPS) is 10.9. The number of hydrogen-bond donors (Lipinski definition) is 0. The molecule has 2 aromatic rings. The van der Waals surface area contributed by atoms with Gasteiger partial charge in [-0.2, -0.15) is 0 Å². The van der Waals surface area contributed by atoms with Crippen LogP contribution in [0.15, 0.2) is 30.3 Å². The van der Waals surface area contributed by atoms with Crippen molar-refractivity contribution in [1.82, 2.24) is 0 Å². The summed E-state index contributed by atoms with van der Waals surface area (Å²) < 4.78 is 17.7. The van der Waals surface area contributed by atoms with Gasteiger partial charge in [-0.05, 0) is 19.3 Å². The second-order valence-electron chi connectivity index (χ2n) is 6.81. The number of benzene rings is 2. The average molecular weight is 393 g/mol. The van der Waals surface area contributed by atoms with Crippen LogP contribution in [-0.4, -0.2) is 26.2 Å². The van der Waals surface area contributed by atoms with E-state index in [4.69, 9.17) is 25.8 Å². The zero-order valence-corrected chi connectivity index (χ0v) is 17.5. The summed E-state index contributed by atoms with van der Waals surface area (Å²) in [5, 5.41) is 2.12. The van der Waals surface area contributed by atoms with Crippen LogP contribution >= 0.6 is 11.6 Å². The van der Waals surface area contributed by atoms with Crippen LogP contribution in [0.2, 0.25) is 0 Å². The lowest BCUT2D eigenvalue weighted by molar-refractivity contribution is 0.286. The highest BCUT2D eigenvalue weighted by Crippen LogP contribution is 2.41. The van der Waals surface area contributed by atoms with E-state index in [2.05, 4.69) is 19.1 Å². The lowest BCUT2D eigenvalue weighted by Crippen LogP contribution is -2.02. The predicted molar refractivity (Wildman–Crippen MR) is 115 cm³/mol. The molecular weight excluding hydrogens is 360 g/mol. The van der Waals surface area contributed by atoms with E-state index in [0.717, 1.165) is 66.2 Å². The van der Waals surface area contributed by atoms with Gasteiger partial charge in [0, 0.05) is 22.7 Å². The van der Waals surface area contributed by atoms with E-state index >= 15 is 0 Å². The highest BCUT2D eigenvalue weighted by Gasteiger charge is 2.14. The molecule has 0 bridgehead atoms.